The van der Waals surface area contributed by atoms with E-state index in [0.717, 1.165) is 5.56 Å². The van der Waals surface area contributed by atoms with Crippen LogP contribution in [0.2, 0.25) is 0 Å². The van der Waals surface area contributed by atoms with Crippen molar-refractivity contribution in [3.63, 3.8) is 0 Å². The van der Waals surface area contributed by atoms with Crippen molar-refractivity contribution in [3.05, 3.63) is 85.8 Å². The second-order valence-corrected chi connectivity index (χ2v) is 8.19. The van der Waals surface area contributed by atoms with Crippen LogP contribution >= 0.6 is 15.9 Å². The Balaban J connectivity index is 1.69. The summed E-state index contributed by atoms with van der Waals surface area (Å²) in [6.45, 7) is 3.82. The Kier molecular flexibility index (Phi) is 6.10. The van der Waals surface area contributed by atoms with Crippen LogP contribution in [-0.4, -0.2) is 32.4 Å². The minimum absolute atomic E-state index is 0.0350. The van der Waals surface area contributed by atoms with Gasteiger partial charge in [-0.2, -0.15) is 0 Å². The highest BCUT2D eigenvalue weighted by Gasteiger charge is 2.21. The van der Waals surface area contributed by atoms with Gasteiger partial charge in [0.05, 0.1) is 17.6 Å². The number of benzene rings is 1. The summed E-state index contributed by atoms with van der Waals surface area (Å²) >= 11 is 3.60. The number of aromatic nitrogens is 3. The summed E-state index contributed by atoms with van der Waals surface area (Å²) in [4.78, 5) is 32.2. The number of fused-ring (bicyclic) bond motifs is 1. The SMILES string of the molecule is COC(=O)c1ccccc1-c1nc2ccc(CNc3nc(C)cc(C)c3[N+](=O)[O-])cn2c1Br. The molecule has 0 amide bonds. The van der Waals surface area contributed by atoms with Crippen LogP contribution in [0.3, 0.4) is 0 Å². The van der Waals surface area contributed by atoms with Crippen LogP contribution in [0.5, 0.6) is 0 Å². The first-order chi connectivity index (χ1) is 15.8. The van der Waals surface area contributed by atoms with Crippen molar-refractivity contribution < 1.29 is 14.5 Å². The van der Waals surface area contributed by atoms with Gasteiger partial charge in [-0.25, -0.2) is 14.8 Å². The van der Waals surface area contributed by atoms with Crippen molar-refractivity contribution in [3.8, 4) is 11.3 Å². The molecule has 33 heavy (non-hydrogen) atoms. The first-order valence-electron chi connectivity index (χ1n) is 10.0. The fraction of sp³-hybridized carbons (Fsp3) is 0.174. The molecule has 1 N–H and O–H groups in total. The van der Waals surface area contributed by atoms with Crippen molar-refractivity contribution >= 4 is 39.1 Å². The van der Waals surface area contributed by atoms with Crippen LogP contribution < -0.4 is 5.32 Å². The molecule has 0 aliphatic carbocycles. The number of hydrogen-bond acceptors (Lipinski definition) is 7. The summed E-state index contributed by atoms with van der Waals surface area (Å²) < 4.78 is 7.42. The van der Waals surface area contributed by atoms with E-state index < -0.39 is 10.9 Å². The number of halogens is 1. The van der Waals surface area contributed by atoms with E-state index in [4.69, 9.17) is 4.74 Å². The summed E-state index contributed by atoms with van der Waals surface area (Å²) in [5.41, 5.74) is 4.42. The topological polar surface area (TPSA) is 112 Å². The molecule has 9 nitrogen and oxygen atoms in total. The molecule has 0 atom stereocenters. The lowest BCUT2D eigenvalue weighted by molar-refractivity contribution is -0.384. The molecule has 168 valence electrons. The van der Waals surface area contributed by atoms with E-state index in [-0.39, 0.29) is 11.5 Å². The molecule has 0 bridgehead atoms. The molecule has 3 heterocycles. The molecule has 4 rings (SSSR count). The largest absolute Gasteiger partial charge is 0.465 e. The highest BCUT2D eigenvalue weighted by molar-refractivity contribution is 9.10. The summed E-state index contributed by atoms with van der Waals surface area (Å²) in [6, 6.07) is 12.5. The molecule has 0 fully saturated rings. The molecule has 0 unspecified atom stereocenters. The number of anilines is 1. The molecule has 0 saturated heterocycles. The Hall–Kier alpha value is -3.79. The zero-order valence-corrected chi connectivity index (χ0v) is 19.7. The zero-order chi connectivity index (χ0) is 23.7. The fourth-order valence-corrected chi connectivity index (χ4v) is 4.27. The molecule has 0 saturated carbocycles. The lowest BCUT2D eigenvalue weighted by Gasteiger charge is -2.09. The Morgan fingerprint density at radius 2 is 1.97 bits per heavy atom. The van der Waals surface area contributed by atoms with E-state index in [2.05, 4.69) is 31.2 Å². The number of esters is 1. The van der Waals surface area contributed by atoms with E-state index in [1.807, 2.05) is 34.9 Å². The van der Waals surface area contributed by atoms with Gasteiger partial charge in [0.25, 0.3) is 0 Å². The highest BCUT2D eigenvalue weighted by Crippen LogP contribution is 2.32. The molecule has 0 aliphatic heterocycles. The Labute approximate surface area is 197 Å². The van der Waals surface area contributed by atoms with Gasteiger partial charge in [0, 0.05) is 29.6 Å². The van der Waals surface area contributed by atoms with Gasteiger partial charge in [0.15, 0.2) is 0 Å². The van der Waals surface area contributed by atoms with E-state index in [1.165, 1.54) is 7.11 Å². The van der Waals surface area contributed by atoms with Gasteiger partial charge in [0.1, 0.15) is 15.9 Å². The molecule has 0 spiro atoms. The molecule has 3 aromatic heterocycles. The second-order valence-electron chi connectivity index (χ2n) is 7.44. The van der Waals surface area contributed by atoms with Gasteiger partial charge in [-0.15, -0.1) is 0 Å². The molecule has 10 heteroatoms. The van der Waals surface area contributed by atoms with Crippen LogP contribution in [0.15, 0.2) is 53.3 Å². The van der Waals surface area contributed by atoms with Gasteiger partial charge < -0.3 is 10.1 Å². The van der Waals surface area contributed by atoms with Crippen LogP contribution in [0, 0.1) is 24.0 Å². The van der Waals surface area contributed by atoms with Crippen molar-refractivity contribution in [2.24, 2.45) is 0 Å². The Morgan fingerprint density at radius 1 is 1.21 bits per heavy atom. The number of imidazole rings is 1. The van der Waals surface area contributed by atoms with Crippen molar-refractivity contribution in [2.75, 3.05) is 12.4 Å². The maximum absolute atomic E-state index is 12.2. The summed E-state index contributed by atoms with van der Waals surface area (Å²) in [6.07, 6.45) is 1.87. The summed E-state index contributed by atoms with van der Waals surface area (Å²) in [5, 5.41) is 14.6. The molecule has 4 aromatic rings. The quantitative estimate of drug-likeness (QED) is 0.219. The molecule has 0 radical (unpaired) electrons. The van der Waals surface area contributed by atoms with E-state index in [0.29, 0.717) is 44.9 Å². The smallest absolute Gasteiger partial charge is 0.338 e. The lowest BCUT2D eigenvalue weighted by Crippen LogP contribution is -2.07. The monoisotopic (exact) mass is 509 g/mol. The van der Waals surface area contributed by atoms with Gasteiger partial charge >= 0.3 is 11.7 Å². The third kappa shape index (κ3) is 4.29. The maximum Gasteiger partial charge on any atom is 0.338 e. The number of carbonyl (C=O) groups is 1. The van der Waals surface area contributed by atoms with Gasteiger partial charge in [0.2, 0.25) is 5.82 Å². The third-order valence-corrected chi connectivity index (χ3v) is 5.92. The van der Waals surface area contributed by atoms with E-state index >= 15 is 0 Å². The minimum atomic E-state index is -0.443. The average molecular weight is 510 g/mol. The number of carbonyl (C=O) groups excluding carboxylic acids is 1. The van der Waals surface area contributed by atoms with Gasteiger partial charge in [-0.3, -0.25) is 14.5 Å². The molecular weight excluding hydrogens is 490 g/mol. The number of nitro groups is 1. The summed E-state index contributed by atoms with van der Waals surface area (Å²) in [7, 11) is 1.34. The molecular formula is C23H20BrN5O4. The first kappa shape index (κ1) is 22.4. The predicted molar refractivity (Wildman–Crippen MR) is 127 cm³/mol. The van der Waals surface area contributed by atoms with Gasteiger partial charge in [-0.1, -0.05) is 24.3 Å². The Bertz CT molecular complexity index is 1400. The molecule has 1 aromatic carbocycles. The van der Waals surface area contributed by atoms with Crippen LogP contribution in [0.1, 0.15) is 27.2 Å². The van der Waals surface area contributed by atoms with Crippen LogP contribution in [0.4, 0.5) is 11.5 Å². The number of ether oxygens (including phenoxy) is 1. The van der Waals surface area contributed by atoms with Crippen molar-refractivity contribution in [2.45, 2.75) is 20.4 Å². The predicted octanol–water partition coefficient (Wildman–Crippen LogP) is 5.08. The van der Waals surface area contributed by atoms with Crippen molar-refractivity contribution in [1.29, 1.82) is 0 Å². The number of nitrogens with one attached hydrogen (secondary N) is 1. The van der Waals surface area contributed by atoms with Crippen molar-refractivity contribution in [1.82, 2.24) is 14.4 Å². The second kappa shape index (κ2) is 8.99. The number of pyridine rings is 2. The van der Waals surface area contributed by atoms with Crippen LogP contribution in [0.25, 0.3) is 16.9 Å². The number of rotatable bonds is 6. The zero-order valence-electron chi connectivity index (χ0n) is 18.1. The minimum Gasteiger partial charge on any atom is -0.465 e. The van der Waals surface area contributed by atoms with E-state index in [9.17, 15) is 14.9 Å². The van der Waals surface area contributed by atoms with Gasteiger partial charge in [-0.05, 0) is 53.5 Å². The number of aryl methyl sites for hydroxylation is 2. The summed E-state index contributed by atoms with van der Waals surface area (Å²) in [5.74, 6) is -0.211. The highest BCUT2D eigenvalue weighted by atomic mass is 79.9. The number of methoxy groups -OCH3 is 1. The van der Waals surface area contributed by atoms with E-state index in [1.54, 1.807) is 32.0 Å². The first-order valence-corrected chi connectivity index (χ1v) is 10.8. The normalized spacial score (nSPS) is 10.9. The third-order valence-electron chi connectivity index (χ3n) is 5.16. The lowest BCUT2D eigenvalue weighted by atomic mass is 10.1. The average Bonchev–Trinajstić information content (AvgIpc) is 3.12. The molecule has 0 aliphatic rings. The fourth-order valence-electron chi connectivity index (χ4n) is 3.68. The maximum atomic E-state index is 12.2. The number of nitrogens with zero attached hydrogens (tertiary/aromatic N) is 4. The number of hydrogen-bond donors (Lipinski definition) is 1. The Morgan fingerprint density at radius 3 is 2.70 bits per heavy atom. The standard InChI is InChI=1S/C23H20BrN5O4/c1-13-10-14(2)26-22(20(13)29(31)32)25-11-15-8-9-18-27-19(21(24)28(18)12-15)16-6-4-5-7-17(16)23(30)33-3/h4-10,12H,11H2,1-3H3,(H,25,26). The van der Waals surface area contributed by atoms with Crippen LogP contribution in [-0.2, 0) is 11.3 Å².